The van der Waals surface area contributed by atoms with Gasteiger partial charge < -0.3 is 10.1 Å². The van der Waals surface area contributed by atoms with E-state index in [1.54, 1.807) is 47.3 Å². The zero-order chi connectivity index (χ0) is 22.7. The van der Waals surface area contributed by atoms with Crippen molar-refractivity contribution in [3.8, 4) is 5.75 Å². The molecule has 4 rings (SSSR count). The molecule has 0 saturated heterocycles. The predicted molar refractivity (Wildman–Crippen MR) is 118 cm³/mol. The van der Waals surface area contributed by atoms with Crippen LogP contribution < -0.4 is 10.1 Å². The molecule has 32 heavy (non-hydrogen) atoms. The number of carbonyl (C=O) groups is 1. The molecule has 0 bridgehead atoms. The lowest BCUT2D eigenvalue weighted by Gasteiger charge is -2.11. The number of imidazole rings is 1. The van der Waals surface area contributed by atoms with Crippen LogP contribution in [0.15, 0.2) is 83.1 Å². The minimum Gasteiger partial charge on any atom is -0.491 e. The first kappa shape index (κ1) is 21.5. The number of nitrogens with one attached hydrogen (secondary N) is 1. The van der Waals surface area contributed by atoms with Crippen molar-refractivity contribution in [2.75, 3.05) is 0 Å². The lowest BCUT2D eigenvalue weighted by atomic mass is 10.2. The van der Waals surface area contributed by atoms with Gasteiger partial charge >= 0.3 is 0 Å². The molecule has 0 fully saturated rings. The molecule has 0 unspecified atom stereocenters. The Morgan fingerprint density at radius 3 is 2.34 bits per heavy atom. The van der Waals surface area contributed by atoms with Crippen LogP contribution in [0.2, 0.25) is 0 Å². The number of fused-ring (bicyclic) bond motifs is 1. The normalized spacial score (nSPS) is 11.6. The minimum atomic E-state index is -3.65. The van der Waals surface area contributed by atoms with Crippen LogP contribution in [0.4, 0.5) is 0 Å². The summed E-state index contributed by atoms with van der Waals surface area (Å²) in [7, 11) is -3.65. The Hall–Kier alpha value is -3.72. The fourth-order valence-corrected chi connectivity index (χ4v) is 4.37. The average molecular weight is 451 g/mol. The number of amides is 1. The van der Waals surface area contributed by atoms with Crippen LogP contribution >= 0.6 is 0 Å². The fourth-order valence-electron chi connectivity index (χ4n) is 3.11. The second-order valence-electron chi connectivity index (χ2n) is 7.45. The Labute approximate surface area is 185 Å². The molecule has 0 aliphatic carbocycles. The molecule has 0 saturated carbocycles. The molecule has 0 aliphatic rings. The summed E-state index contributed by atoms with van der Waals surface area (Å²) in [6.07, 6.45) is 6.44. The quantitative estimate of drug-likeness (QED) is 0.464. The Morgan fingerprint density at radius 2 is 1.69 bits per heavy atom. The summed E-state index contributed by atoms with van der Waals surface area (Å²) >= 11 is 0. The van der Waals surface area contributed by atoms with Crippen molar-refractivity contribution >= 4 is 21.5 Å². The first-order valence-electron chi connectivity index (χ1n) is 10.0. The number of sulfone groups is 1. The number of carbonyl (C=O) groups excluding carboxylic acids is 1. The maximum Gasteiger partial charge on any atom is 0.254 e. The van der Waals surface area contributed by atoms with E-state index >= 15 is 0 Å². The fraction of sp³-hybridized carbons (Fsp3) is 0.174. The number of benzene rings is 2. The summed E-state index contributed by atoms with van der Waals surface area (Å²) in [4.78, 5) is 20.9. The van der Waals surface area contributed by atoms with E-state index in [4.69, 9.17) is 4.74 Å². The van der Waals surface area contributed by atoms with E-state index in [-0.39, 0.29) is 28.3 Å². The molecule has 2 aromatic carbocycles. The van der Waals surface area contributed by atoms with Crippen molar-refractivity contribution in [2.24, 2.45) is 0 Å². The van der Waals surface area contributed by atoms with Gasteiger partial charge in [0.05, 0.1) is 21.5 Å². The van der Waals surface area contributed by atoms with E-state index in [1.165, 1.54) is 30.5 Å². The first-order valence-corrected chi connectivity index (χ1v) is 11.5. The summed E-state index contributed by atoms with van der Waals surface area (Å²) in [5.41, 5.74) is 1.18. The van der Waals surface area contributed by atoms with Crippen LogP contribution in [0, 0.1) is 0 Å². The van der Waals surface area contributed by atoms with Crippen LogP contribution in [0.5, 0.6) is 5.75 Å². The van der Waals surface area contributed by atoms with E-state index in [1.807, 2.05) is 13.8 Å². The maximum absolute atomic E-state index is 12.9. The van der Waals surface area contributed by atoms with Crippen LogP contribution in [0.1, 0.15) is 29.8 Å². The summed E-state index contributed by atoms with van der Waals surface area (Å²) < 4.78 is 33.0. The SMILES string of the molecule is CC(C)Oc1ccc(S(=O)(=O)c2ccc(CNC(=O)c3cnc4nccn4c3)cc2)cc1. The third-order valence-electron chi connectivity index (χ3n) is 4.70. The van der Waals surface area contributed by atoms with Crippen molar-refractivity contribution in [1.29, 1.82) is 0 Å². The van der Waals surface area contributed by atoms with E-state index in [2.05, 4.69) is 15.3 Å². The lowest BCUT2D eigenvalue weighted by molar-refractivity contribution is 0.0950. The highest BCUT2D eigenvalue weighted by atomic mass is 32.2. The Bertz CT molecular complexity index is 1350. The zero-order valence-electron chi connectivity index (χ0n) is 17.6. The molecule has 164 valence electrons. The van der Waals surface area contributed by atoms with Crippen molar-refractivity contribution in [3.63, 3.8) is 0 Å². The number of hydrogen-bond donors (Lipinski definition) is 1. The van der Waals surface area contributed by atoms with E-state index in [0.29, 0.717) is 17.1 Å². The van der Waals surface area contributed by atoms with Crippen molar-refractivity contribution in [1.82, 2.24) is 19.7 Å². The van der Waals surface area contributed by atoms with Gasteiger partial charge in [0.2, 0.25) is 15.6 Å². The molecule has 1 amide bonds. The average Bonchev–Trinajstić information content (AvgIpc) is 3.25. The monoisotopic (exact) mass is 450 g/mol. The van der Waals surface area contributed by atoms with Crippen molar-refractivity contribution in [3.05, 3.63) is 84.4 Å². The summed E-state index contributed by atoms with van der Waals surface area (Å²) in [5, 5.41) is 2.81. The van der Waals surface area contributed by atoms with Gasteiger partial charge in [-0.25, -0.2) is 18.4 Å². The Kier molecular flexibility index (Phi) is 5.91. The number of rotatable bonds is 7. The van der Waals surface area contributed by atoms with Crippen LogP contribution in [0.25, 0.3) is 5.78 Å². The largest absolute Gasteiger partial charge is 0.491 e. The van der Waals surface area contributed by atoms with Gasteiger partial charge in [0.1, 0.15) is 5.75 Å². The predicted octanol–water partition coefficient (Wildman–Crippen LogP) is 3.28. The topological polar surface area (TPSA) is 103 Å². The molecular formula is C23H22N4O4S. The number of aromatic nitrogens is 3. The zero-order valence-corrected chi connectivity index (χ0v) is 18.4. The van der Waals surface area contributed by atoms with Gasteiger partial charge in [-0.1, -0.05) is 12.1 Å². The number of hydrogen-bond acceptors (Lipinski definition) is 6. The summed E-state index contributed by atoms with van der Waals surface area (Å²) in [6.45, 7) is 4.07. The molecule has 2 aromatic heterocycles. The van der Waals surface area contributed by atoms with Crippen LogP contribution in [-0.4, -0.2) is 34.8 Å². The van der Waals surface area contributed by atoms with Crippen molar-refractivity contribution < 1.29 is 17.9 Å². The maximum atomic E-state index is 12.9. The van der Waals surface area contributed by atoms with Gasteiger partial charge in [-0.2, -0.15) is 0 Å². The molecule has 0 atom stereocenters. The van der Waals surface area contributed by atoms with E-state index < -0.39 is 9.84 Å². The molecule has 0 radical (unpaired) electrons. The van der Waals surface area contributed by atoms with Crippen LogP contribution in [0.3, 0.4) is 0 Å². The highest BCUT2D eigenvalue weighted by Gasteiger charge is 2.18. The van der Waals surface area contributed by atoms with Crippen molar-refractivity contribution in [2.45, 2.75) is 36.3 Å². The molecule has 0 aliphatic heterocycles. The molecule has 8 nitrogen and oxygen atoms in total. The van der Waals surface area contributed by atoms with Gasteiger partial charge in [0.15, 0.2) is 0 Å². The molecule has 2 heterocycles. The lowest BCUT2D eigenvalue weighted by Crippen LogP contribution is -2.23. The molecule has 9 heteroatoms. The molecule has 1 N–H and O–H groups in total. The Balaban J connectivity index is 1.42. The minimum absolute atomic E-state index is 0.00977. The first-order chi connectivity index (χ1) is 15.3. The van der Waals surface area contributed by atoms with Gasteiger partial charge in [-0.15, -0.1) is 0 Å². The second kappa shape index (κ2) is 8.80. The molecular weight excluding hydrogens is 428 g/mol. The highest BCUT2D eigenvalue weighted by Crippen LogP contribution is 2.24. The smallest absolute Gasteiger partial charge is 0.254 e. The summed E-state index contributed by atoms with van der Waals surface area (Å²) in [5.74, 6) is 0.848. The Morgan fingerprint density at radius 1 is 1.03 bits per heavy atom. The van der Waals surface area contributed by atoms with Gasteiger partial charge in [0.25, 0.3) is 5.91 Å². The van der Waals surface area contributed by atoms with Gasteiger partial charge in [0, 0.05) is 31.3 Å². The molecule has 4 aromatic rings. The standard InChI is InChI=1S/C23H22N4O4S/c1-16(2)31-19-5-9-21(10-6-19)32(29,30)20-7-3-17(4-8-20)13-25-22(28)18-14-26-23-24-11-12-27(23)15-18/h3-12,14-16H,13H2,1-2H3,(H,25,28). The number of ether oxygens (including phenoxy) is 1. The van der Waals surface area contributed by atoms with E-state index in [0.717, 1.165) is 5.56 Å². The van der Waals surface area contributed by atoms with Crippen LogP contribution in [-0.2, 0) is 16.4 Å². The number of nitrogens with zero attached hydrogens (tertiary/aromatic N) is 3. The highest BCUT2D eigenvalue weighted by molar-refractivity contribution is 7.91. The van der Waals surface area contributed by atoms with Gasteiger partial charge in [-0.05, 0) is 55.8 Å². The third-order valence-corrected chi connectivity index (χ3v) is 6.49. The molecule has 0 spiro atoms. The summed E-state index contributed by atoms with van der Waals surface area (Å²) in [6, 6.07) is 12.8. The third kappa shape index (κ3) is 4.62. The second-order valence-corrected chi connectivity index (χ2v) is 9.39. The van der Waals surface area contributed by atoms with E-state index in [9.17, 15) is 13.2 Å². The van der Waals surface area contributed by atoms with Gasteiger partial charge in [-0.3, -0.25) is 9.20 Å².